The first-order valence-electron chi connectivity index (χ1n) is 11.6. The molecule has 1 aromatic heterocycles. The van der Waals surface area contributed by atoms with E-state index >= 15 is 0 Å². The molecule has 2 fully saturated rings. The molecule has 1 saturated heterocycles. The van der Waals surface area contributed by atoms with Gasteiger partial charge < -0.3 is 20.4 Å². The molecule has 3 N–H and O–H groups in total. The summed E-state index contributed by atoms with van der Waals surface area (Å²) in [7, 11) is -1.19. The number of rotatable bonds is 8. The third-order valence-corrected chi connectivity index (χ3v) is 8.23. The Kier molecular flexibility index (Phi) is 6.68. The maximum absolute atomic E-state index is 12.2. The highest BCUT2D eigenvalue weighted by Gasteiger charge is 2.35. The molecule has 0 amide bonds. The maximum atomic E-state index is 12.2. The van der Waals surface area contributed by atoms with Crippen molar-refractivity contribution in [1.29, 1.82) is 0 Å². The summed E-state index contributed by atoms with van der Waals surface area (Å²) in [6.45, 7) is 4.15. The van der Waals surface area contributed by atoms with E-state index in [4.69, 9.17) is 11.6 Å². The van der Waals surface area contributed by atoms with E-state index in [1.165, 1.54) is 11.9 Å². The molecular formula is C24H28ClN7O2S. The van der Waals surface area contributed by atoms with Gasteiger partial charge in [0.1, 0.15) is 5.02 Å². The lowest BCUT2D eigenvalue weighted by Gasteiger charge is -2.34. The topological polar surface area (TPSA) is 102 Å². The van der Waals surface area contributed by atoms with Gasteiger partial charge in [-0.3, -0.25) is 4.72 Å². The molecular weight excluding hydrogens is 486 g/mol. The van der Waals surface area contributed by atoms with Gasteiger partial charge in [0.2, 0.25) is 16.0 Å². The summed E-state index contributed by atoms with van der Waals surface area (Å²) in [6.07, 6.45) is 2.94. The molecule has 0 radical (unpaired) electrons. The van der Waals surface area contributed by atoms with E-state index in [1.807, 2.05) is 18.2 Å². The van der Waals surface area contributed by atoms with Crippen molar-refractivity contribution in [2.45, 2.75) is 18.1 Å². The van der Waals surface area contributed by atoms with Crippen molar-refractivity contribution in [3.63, 3.8) is 0 Å². The van der Waals surface area contributed by atoms with Gasteiger partial charge in [-0.2, -0.15) is 4.98 Å². The molecule has 11 heteroatoms. The van der Waals surface area contributed by atoms with Crippen molar-refractivity contribution in [1.82, 2.24) is 14.9 Å². The van der Waals surface area contributed by atoms with Crippen LogP contribution < -0.4 is 20.3 Å². The van der Waals surface area contributed by atoms with Crippen LogP contribution in [0.3, 0.4) is 0 Å². The summed E-state index contributed by atoms with van der Waals surface area (Å²) in [5.74, 6) is 0.815. The van der Waals surface area contributed by atoms with Crippen molar-refractivity contribution in [2.24, 2.45) is 0 Å². The van der Waals surface area contributed by atoms with Crippen LogP contribution in [0.5, 0.6) is 0 Å². The highest BCUT2D eigenvalue weighted by atomic mass is 35.5. The third kappa shape index (κ3) is 5.95. The number of nitrogens with one attached hydrogen (secondary N) is 3. The Bertz CT molecular complexity index is 1290. The van der Waals surface area contributed by atoms with Gasteiger partial charge in [-0.25, -0.2) is 13.4 Å². The van der Waals surface area contributed by atoms with E-state index < -0.39 is 10.0 Å². The number of likely N-dealkylation sites (N-methyl/N-ethyl adjacent to an activating group) is 1. The Labute approximate surface area is 210 Å². The summed E-state index contributed by atoms with van der Waals surface area (Å²) in [4.78, 5) is 13.5. The molecule has 35 heavy (non-hydrogen) atoms. The Morgan fingerprint density at radius 1 is 0.943 bits per heavy atom. The highest BCUT2D eigenvalue weighted by molar-refractivity contribution is 7.93. The van der Waals surface area contributed by atoms with Gasteiger partial charge in [0, 0.05) is 43.2 Å². The molecule has 0 atom stereocenters. The molecule has 3 aromatic rings. The molecule has 0 bridgehead atoms. The monoisotopic (exact) mass is 513 g/mol. The van der Waals surface area contributed by atoms with Crippen LogP contribution in [0.1, 0.15) is 12.8 Å². The largest absolute Gasteiger partial charge is 0.369 e. The van der Waals surface area contributed by atoms with Crippen LogP contribution in [-0.2, 0) is 10.0 Å². The number of piperazine rings is 1. The van der Waals surface area contributed by atoms with Crippen LogP contribution >= 0.6 is 11.6 Å². The molecule has 1 aliphatic carbocycles. The lowest BCUT2D eigenvalue weighted by molar-refractivity contribution is 0.313. The van der Waals surface area contributed by atoms with Crippen LogP contribution in [0, 0.1) is 0 Å². The van der Waals surface area contributed by atoms with Crippen molar-refractivity contribution >= 4 is 56.1 Å². The fraction of sp³-hybridized carbons (Fsp3) is 0.333. The molecule has 2 heterocycles. The molecule has 5 rings (SSSR count). The first kappa shape index (κ1) is 23.7. The van der Waals surface area contributed by atoms with Crippen molar-refractivity contribution in [3.05, 3.63) is 59.8 Å². The number of hydrogen-bond acceptors (Lipinski definition) is 8. The minimum absolute atomic E-state index is 0.292. The van der Waals surface area contributed by atoms with E-state index in [2.05, 4.69) is 54.3 Å². The van der Waals surface area contributed by atoms with Crippen LogP contribution in [0.2, 0.25) is 5.02 Å². The quantitative estimate of drug-likeness (QED) is 0.410. The van der Waals surface area contributed by atoms with E-state index in [9.17, 15) is 8.42 Å². The van der Waals surface area contributed by atoms with Crippen LogP contribution in [0.25, 0.3) is 0 Å². The molecule has 9 nitrogen and oxygen atoms in total. The van der Waals surface area contributed by atoms with Crippen molar-refractivity contribution < 1.29 is 8.42 Å². The minimum Gasteiger partial charge on any atom is -0.369 e. The number of anilines is 6. The van der Waals surface area contributed by atoms with E-state index in [1.54, 1.807) is 18.2 Å². The molecule has 184 valence electrons. The number of benzene rings is 2. The highest BCUT2D eigenvalue weighted by Crippen LogP contribution is 2.31. The SMILES string of the molecule is CN1CCN(c2ccc(Nc3ncc(Cl)c(Nc4cccc(NS(=O)(=O)C5CC5)c4)n3)cc2)CC1. The first-order valence-corrected chi connectivity index (χ1v) is 13.5. The average Bonchev–Trinajstić information content (AvgIpc) is 3.69. The zero-order chi connectivity index (χ0) is 24.4. The molecule has 2 aliphatic rings. The molecule has 1 saturated carbocycles. The molecule has 0 unspecified atom stereocenters. The van der Waals surface area contributed by atoms with Crippen LogP contribution in [0.15, 0.2) is 54.7 Å². The Balaban J connectivity index is 1.26. The Hall–Kier alpha value is -3.08. The molecule has 1 aliphatic heterocycles. The molecule has 0 spiro atoms. The van der Waals surface area contributed by atoms with Crippen LogP contribution in [0.4, 0.5) is 34.5 Å². The minimum atomic E-state index is -3.34. The third-order valence-electron chi connectivity index (χ3n) is 6.08. The van der Waals surface area contributed by atoms with Gasteiger partial charge in [-0.1, -0.05) is 17.7 Å². The summed E-state index contributed by atoms with van der Waals surface area (Å²) in [5, 5.41) is 6.43. The van der Waals surface area contributed by atoms with Crippen molar-refractivity contribution in [3.8, 4) is 0 Å². The lowest BCUT2D eigenvalue weighted by Crippen LogP contribution is -2.44. The standard InChI is InChI=1S/C24H28ClN7O2S/c1-31-11-13-32(14-12-31)20-7-5-17(6-8-20)28-24-26-16-22(25)23(29-24)27-18-3-2-4-19(15-18)30-35(33,34)21-9-10-21/h2-8,15-16,21,30H,9-14H2,1H3,(H2,26,27,28,29). The predicted octanol–water partition coefficient (Wildman–Crippen LogP) is 4.27. The fourth-order valence-corrected chi connectivity index (χ4v) is 5.40. The number of nitrogens with zero attached hydrogens (tertiary/aromatic N) is 4. The van der Waals surface area contributed by atoms with E-state index in [0.29, 0.717) is 41.0 Å². The average molecular weight is 514 g/mol. The maximum Gasteiger partial charge on any atom is 0.235 e. The van der Waals surface area contributed by atoms with E-state index in [0.717, 1.165) is 31.9 Å². The van der Waals surface area contributed by atoms with Gasteiger partial charge >= 0.3 is 0 Å². The summed E-state index contributed by atoms with van der Waals surface area (Å²) in [5.41, 5.74) is 3.21. The zero-order valence-corrected chi connectivity index (χ0v) is 21.0. The van der Waals surface area contributed by atoms with E-state index in [-0.39, 0.29) is 5.25 Å². The Morgan fingerprint density at radius 2 is 1.66 bits per heavy atom. The Morgan fingerprint density at radius 3 is 2.37 bits per heavy atom. The lowest BCUT2D eigenvalue weighted by atomic mass is 10.2. The summed E-state index contributed by atoms with van der Waals surface area (Å²) >= 11 is 6.33. The smallest absolute Gasteiger partial charge is 0.235 e. The number of hydrogen-bond donors (Lipinski definition) is 3. The van der Waals surface area contributed by atoms with Gasteiger partial charge in [0.15, 0.2) is 5.82 Å². The first-order chi connectivity index (χ1) is 16.9. The van der Waals surface area contributed by atoms with Gasteiger partial charge in [0.05, 0.1) is 17.1 Å². The predicted molar refractivity (Wildman–Crippen MR) is 142 cm³/mol. The second kappa shape index (κ2) is 9.88. The normalized spacial score (nSPS) is 16.7. The summed E-state index contributed by atoms with van der Waals surface area (Å²) in [6, 6.07) is 15.2. The van der Waals surface area contributed by atoms with Gasteiger partial charge in [-0.15, -0.1) is 0 Å². The zero-order valence-electron chi connectivity index (χ0n) is 19.4. The number of sulfonamides is 1. The molecule has 2 aromatic carbocycles. The number of aromatic nitrogens is 2. The van der Waals surface area contributed by atoms with Gasteiger partial charge in [0.25, 0.3) is 0 Å². The van der Waals surface area contributed by atoms with Crippen LogP contribution in [-0.4, -0.2) is 61.8 Å². The van der Waals surface area contributed by atoms with Gasteiger partial charge in [-0.05, 0) is 62.4 Å². The summed E-state index contributed by atoms with van der Waals surface area (Å²) < 4.78 is 27.1. The van der Waals surface area contributed by atoms with Crippen molar-refractivity contribution in [2.75, 3.05) is 53.5 Å². The number of halogens is 1. The second-order valence-electron chi connectivity index (χ2n) is 8.90. The fourth-order valence-electron chi connectivity index (χ4n) is 3.89. The second-order valence-corrected chi connectivity index (χ2v) is 11.3.